The lowest BCUT2D eigenvalue weighted by Gasteiger charge is -2.17. The van der Waals surface area contributed by atoms with Gasteiger partial charge in [-0.1, -0.05) is 40.9 Å². The van der Waals surface area contributed by atoms with Crippen LogP contribution < -0.4 is 0 Å². The molecule has 0 aliphatic rings. The molecule has 0 bridgehead atoms. The zero-order valence-corrected chi connectivity index (χ0v) is 12.7. The number of benzene rings is 1. The summed E-state index contributed by atoms with van der Waals surface area (Å²) in [5.74, 6) is -0.250. The van der Waals surface area contributed by atoms with E-state index in [0.717, 1.165) is 5.56 Å². The second kappa shape index (κ2) is 6.39. The quantitative estimate of drug-likeness (QED) is 0.862. The van der Waals surface area contributed by atoms with Crippen molar-refractivity contribution in [2.45, 2.75) is 6.54 Å². The molecule has 1 amide bonds. The second-order valence-corrected chi connectivity index (χ2v) is 5.34. The lowest BCUT2D eigenvalue weighted by Crippen LogP contribution is -2.27. The maximum Gasteiger partial charge on any atom is 0.274 e. The zero-order valence-electron chi connectivity index (χ0n) is 10.5. The Hall–Kier alpha value is -1.36. The predicted octanol–water partition coefficient (Wildman–Crippen LogP) is 3.71. The van der Waals surface area contributed by atoms with Crippen molar-refractivity contribution >= 4 is 40.7 Å². The Morgan fingerprint density at radius 2 is 1.90 bits per heavy atom. The van der Waals surface area contributed by atoms with Crippen LogP contribution in [0.2, 0.25) is 15.2 Å². The number of hydrogen-bond acceptors (Lipinski definition) is 3. The second-order valence-electron chi connectivity index (χ2n) is 4.13. The van der Waals surface area contributed by atoms with Gasteiger partial charge in [-0.15, -0.1) is 0 Å². The molecule has 20 heavy (non-hydrogen) atoms. The molecule has 0 fully saturated rings. The number of carbonyl (C=O) groups is 1. The third-order valence-corrected chi connectivity index (χ3v) is 3.52. The molecular formula is C13H10Cl3N3O. The van der Waals surface area contributed by atoms with E-state index in [1.807, 2.05) is 6.07 Å². The number of hydrogen-bond donors (Lipinski definition) is 0. The summed E-state index contributed by atoms with van der Waals surface area (Å²) in [4.78, 5) is 21.4. The highest BCUT2D eigenvalue weighted by atomic mass is 35.5. The highest BCUT2D eigenvalue weighted by Crippen LogP contribution is 2.23. The fourth-order valence-electron chi connectivity index (χ4n) is 1.60. The number of nitrogens with zero attached hydrogens (tertiary/aromatic N) is 3. The minimum Gasteiger partial charge on any atom is -0.336 e. The van der Waals surface area contributed by atoms with Gasteiger partial charge in [0.15, 0.2) is 0 Å². The van der Waals surface area contributed by atoms with E-state index in [1.54, 1.807) is 19.2 Å². The van der Waals surface area contributed by atoms with Gasteiger partial charge in [0, 0.05) is 13.6 Å². The molecule has 0 saturated carbocycles. The van der Waals surface area contributed by atoms with Crippen molar-refractivity contribution in [3.8, 4) is 0 Å². The highest BCUT2D eigenvalue weighted by Gasteiger charge is 2.14. The highest BCUT2D eigenvalue weighted by molar-refractivity contribution is 6.42. The molecule has 1 heterocycles. The van der Waals surface area contributed by atoms with E-state index in [9.17, 15) is 4.79 Å². The van der Waals surface area contributed by atoms with Gasteiger partial charge < -0.3 is 4.90 Å². The maximum atomic E-state index is 12.1. The maximum absolute atomic E-state index is 12.1. The lowest BCUT2D eigenvalue weighted by molar-refractivity contribution is 0.0779. The van der Waals surface area contributed by atoms with Crippen molar-refractivity contribution in [3.63, 3.8) is 0 Å². The van der Waals surface area contributed by atoms with Crippen molar-refractivity contribution in [2.24, 2.45) is 0 Å². The standard InChI is InChI=1S/C13H10Cl3N3O/c1-19(7-8-2-3-9(14)10(15)4-8)13(20)11-5-18-12(16)6-17-11/h2-6H,7H2,1H3. The lowest BCUT2D eigenvalue weighted by atomic mass is 10.2. The normalized spacial score (nSPS) is 10.4. The Balaban J connectivity index is 2.11. The van der Waals surface area contributed by atoms with Crippen LogP contribution in [0.15, 0.2) is 30.6 Å². The molecule has 1 aromatic heterocycles. The van der Waals surface area contributed by atoms with Crippen molar-refractivity contribution < 1.29 is 4.79 Å². The average Bonchev–Trinajstić information content (AvgIpc) is 2.43. The molecule has 1 aromatic carbocycles. The first kappa shape index (κ1) is 15.0. The van der Waals surface area contributed by atoms with Gasteiger partial charge in [-0.2, -0.15) is 0 Å². The molecule has 0 aliphatic carbocycles. The SMILES string of the molecule is CN(Cc1ccc(Cl)c(Cl)c1)C(=O)c1cnc(Cl)cn1. The van der Waals surface area contributed by atoms with Crippen LogP contribution >= 0.6 is 34.8 Å². The fraction of sp³-hybridized carbons (Fsp3) is 0.154. The smallest absolute Gasteiger partial charge is 0.274 e. The van der Waals surface area contributed by atoms with Crippen molar-refractivity contribution in [1.82, 2.24) is 14.9 Å². The van der Waals surface area contributed by atoms with Crippen LogP contribution in [0, 0.1) is 0 Å². The minimum atomic E-state index is -0.250. The van der Waals surface area contributed by atoms with Gasteiger partial charge in [0.1, 0.15) is 10.8 Å². The third kappa shape index (κ3) is 3.60. The summed E-state index contributed by atoms with van der Waals surface area (Å²) >= 11 is 17.4. The van der Waals surface area contributed by atoms with E-state index in [2.05, 4.69) is 9.97 Å². The Morgan fingerprint density at radius 3 is 2.50 bits per heavy atom. The molecule has 0 aliphatic heterocycles. The molecular weight excluding hydrogens is 321 g/mol. The zero-order chi connectivity index (χ0) is 14.7. The van der Waals surface area contributed by atoms with Crippen LogP contribution in [-0.2, 0) is 6.54 Å². The number of halogens is 3. The monoisotopic (exact) mass is 329 g/mol. The Kier molecular flexibility index (Phi) is 4.81. The van der Waals surface area contributed by atoms with Crippen LogP contribution in [0.25, 0.3) is 0 Å². The summed E-state index contributed by atoms with van der Waals surface area (Å²) in [6.07, 6.45) is 2.68. The predicted molar refractivity (Wildman–Crippen MR) is 79.3 cm³/mol. The van der Waals surface area contributed by atoms with E-state index in [-0.39, 0.29) is 16.8 Å². The Bertz CT molecular complexity index is 631. The number of carbonyl (C=O) groups excluding carboxylic acids is 1. The molecule has 0 unspecified atom stereocenters. The van der Waals surface area contributed by atoms with Gasteiger partial charge in [0.05, 0.1) is 22.4 Å². The van der Waals surface area contributed by atoms with Gasteiger partial charge in [-0.05, 0) is 17.7 Å². The molecule has 4 nitrogen and oxygen atoms in total. The number of amides is 1. The van der Waals surface area contributed by atoms with Crippen molar-refractivity contribution in [2.75, 3.05) is 7.05 Å². The first-order chi connectivity index (χ1) is 9.47. The van der Waals surface area contributed by atoms with Gasteiger partial charge in [-0.3, -0.25) is 4.79 Å². The van der Waals surface area contributed by atoms with Crippen LogP contribution in [0.4, 0.5) is 0 Å². The fourth-order valence-corrected chi connectivity index (χ4v) is 2.02. The van der Waals surface area contributed by atoms with E-state index >= 15 is 0 Å². The molecule has 2 rings (SSSR count). The number of rotatable bonds is 3. The molecule has 2 aromatic rings. The first-order valence-corrected chi connectivity index (χ1v) is 6.77. The van der Waals surface area contributed by atoms with Gasteiger partial charge in [0.2, 0.25) is 0 Å². The summed E-state index contributed by atoms with van der Waals surface area (Å²) in [7, 11) is 1.67. The minimum absolute atomic E-state index is 0.233. The number of aromatic nitrogens is 2. The molecule has 0 atom stereocenters. The van der Waals surface area contributed by atoms with E-state index in [0.29, 0.717) is 16.6 Å². The molecule has 7 heteroatoms. The topological polar surface area (TPSA) is 46.1 Å². The van der Waals surface area contributed by atoms with Crippen LogP contribution in [0.5, 0.6) is 0 Å². The molecule has 0 spiro atoms. The summed E-state index contributed by atoms with van der Waals surface area (Å²) in [6, 6.07) is 5.23. The first-order valence-electron chi connectivity index (χ1n) is 5.64. The van der Waals surface area contributed by atoms with Crippen molar-refractivity contribution in [1.29, 1.82) is 0 Å². The largest absolute Gasteiger partial charge is 0.336 e. The third-order valence-electron chi connectivity index (χ3n) is 2.59. The van der Waals surface area contributed by atoms with Gasteiger partial charge in [-0.25, -0.2) is 9.97 Å². The molecule has 104 valence electrons. The van der Waals surface area contributed by atoms with Crippen LogP contribution in [0.1, 0.15) is 16.1 Å². The molecule has 0 saturated heterocycles. The van der Waals surface area contributed by atoms with Crippen LogP contribution in [-0.4, -0.2) is 27.8 Å². The Labute approximate surface area is 131 Å². The van der Waals surface area contributed by atoms with E-state index in [1.165, 1.54) is 17.3 Å². The molecule has 0 N–H and O–H groups in total. The van der Waals surface area contributed by atoms with E-state index < -0.39 is 0 Å². The van der Waals surface area contributed by atoms with E-state index in [4.69, 9.17) is 34.8 Å². The Morgan fingerprint density at radius 1 is 1.15 bits per heavy atom. The average molecular weight is 331 g/mol. The summed E-state index contributed by atoms with van der Waals surface area (Å²) in [6.45, 7) is 0.389. The summed E-state index contributed by atoms with van der Waals surface area (Å²) in [5.41, 5.74) is 1.11. The summed E-state index contributed by atoms with van der Waals surface area (Å²) in [5, 5.41) is 1.18. The summed E-state index contributed by atoms with van der Waals surface area (Å²) < 4.78 is 0. The van der Waals surface area contributed by atoms with Crippen LogP contribution in [0.3, 0.4) is 0 Å². The molecule has 0 radical (unpaired) electrons. The van der Waals surface area contributed by atoms with Crippen molar-refractivity contribution in [3.05, 3.63) is 57.0 Å². The van der Waals surface area contributed by atoms with Gasteiger partial charge >= 0.3 is 0 Å². The van der Waals surface area contributed by atoms with Gasteiger partial charge in [0.25, 0.3) is 5.91 Å².